The number of aliphatic hydroxyl groups excluding tert-OH is 1. The number of rotatable bonds is 6. The second-order valence-corrected chi connectivity index (χ2v) is 6.52. The van der Waals surface area contributed by atoms with E-state index in [1.165, 1.54) is 0 Å². The quantitative estimate of drug-likeness (QED) is 0.536. The van der Waals surface area contributed by atoms with Crippen molar-refractivity contribution in [3.63, 3.8) is 0 Å². The summed E-state index contributed by atoms with van der Waals surface area (Å²) in [4.78, 5) is 4.55. The third kappa shape index (κ3) is 3.99. The third-order valence-corrected chi connectivity index (χ3v) is 4.58. The summed E-state index contributed by atoms with van der Waals surface area (Å²) in [6.45, 7) is 0.249. The van der Waals surface area contributed by atoms with E-state index in [4.69, 9.17) is 4.74 Å². The number of nitrogens with zero attached hydrogens (tertiary/aromatic N) is 1. The fraction of sp³-hybridized carbons (Fsp3) is 0.125. The summed E-state index contributed by atoms with van der Waals surface area (Å²) in [5.41, 5.74) is 3.06. The molecule has 27 heavy (non-hydrogen) atoms. The zero-order chi connectivity index (χ0) is 18.5. The number of ether oxygens (including phenoxy) is 1. The molecule has 4 rings (SSSR count). The van der Waals surface area contributed by atoms with E-state index in [1.54, 1.807) is 6.20 Å². The number of hydrogen-bond donors (Lipinski definition) is 1. The molecule has 0 spiro atoms. The highest BCUT2D eigenvalue weighted by Crippen LogP contribution is 2.31. The van der Waals surface area contributed by atoms with E-state index >= 15 is 0 Å². The molecule has 1 unspecified atom stereocenters. The van der Waals surface area contributed by atoms with E-state index in [-0.39, 0.29) is 6.61 Å². The van der Waals surface area contributed by atoms with Gasteiger partial charge in [-0.25, -0.2) is 0 Å². The summed E-state index contributed by atoms with van der Waals surface area (Å²) in [5.74, 6) is 0.764. The summed E-state index contributed by atoms with van der Waals surface area (Å²) in [6.07, 6.45) is 1.70. The van der Waals surface area contributed by atoms with Gasteiger partial charge in [0.25, 0.3) is 0 Å². The van der Waals surface area contributed by atoms with Gasteiger partial charge in [0.15, 0.2) is 0 Å². The molecule has 1 N–H and O–H groups in total. The minimum atomic E-state index is -0.603. The number of aliphatic hydroxyl groups is 1. The van der Waals surface area contributed by atoms with Gasteiger partial charge in [-0.15, -0.1) is 0 Å². The van der Waals surface area contributed by atoms with Crippen molar-refractivity contribution in [2.75, 3.05) is 6.61 Å². The molecule has 0 aliphatic heterocycles. The first-order chi connectivity index (χ1) is 13.3. The zero-order valence-electron chi connectivity index (χ0n) is 15.0. The Morgan fingerprint density at radius 2 is 1.59 bits per heavy atom. The first-order valence-corrected chi connectivity index (χ1v) is 9.09. The third-order valence-electron chi connectivity index (χ3n) is 4.58. The Morgan fingerprint density at radius 1 is 0.815 bits per heavy atom. The second-order valence-electron chi connectivity index (χ2n) is 6.52. The van der Waals surface area contributed by atoms with Gasteiger partial charge in [0, 0.05) is 18.2 Å². The average molecular weight is 355 g/mol. The lowest BCUT2D eigenvalue weighted by atomic mass is 9.93. The molecule has 1 heterocycles. The SMILES string of the molecule is OC(COc1ccccc1)Cc1ccc2ccccc2c1-c1ccccn1. The Morgan fingerprint density at radius 3 is 2.41 bits per heavy atom. The Hall–Kier alpha value is -3.17. The Bertz CT molecular complexity index is 1020. The highest BCUT2D eigenvalue weighted by molar-refractivity contribution is 5.97. The Balaban J connectivity index is 1.63. The van der Waals surface area contributed by atoms with Crippen LogP contribution in [-0.2, 0) is 6.42 Å². The van der Waals surface area contributed by atoms with Crippen molar-refractivity contribution in [1.82, 2.24) is 4.98 Å². The van der Waals surface area contributed by atoms with Crippen LogP contribution in [0.25, 0.3) is 22.0 Å². The van der Waals surface area contributed by atoms with Crippen molar-refractivity contribution < 1.29 is 9.84 Å². The van der Waals surface area contributed by atoms with Crippen LogP contribution >= 0.6 is 0 Å². The van der Waals surface area contributed by atoms with Crippen molar-refractivity contribution in [2.24, 2.45) is 0 Å². The highest BCUT2D eigenvalue weighted by Gasteiger charge is 2.15. The summed E-state index contributed by atoms with van der Waals surface area (Å²) in [7, 11) is 0. The standard InChI is InChI=1S/C24H21NO2/c26-20(17-27-21-9-2-1-3-10-21)16-19-14-13-18-8-4-5-11-22(18)24(19)23-12-6-7-15-25-23/h1-15,20,26H,16-17H2. The molecule has 0 fully saturated rings. The number of aromatic nitrogens is 1. The molecule has 0 saturated heterocycles. The van der Waals surface area contributed by atoms with E-state index in [2.05, 4.69) is 29.2 Å². The smallest absolute Gasteiger partial charge is 0.119 e. The van der Waals surface area contributed by atoms with E-state index in [9.17, 15) is 5.11 Å². The van der Waals surface area contributed by atoms with Crippen molar-refractivity contribution >= 4 is 10.8 Å². The van der Waals surface area contributed by atoms with Gasteiger partial charge in [-0.1, -0.05) is 60.7 Å². The van der Waals surface area contributed by atoms with E-state index in [0.29, 0.717) is 6.42 Å². The summed E-state index contributed by atoms with van der Waals surface area (Å²) in [5, 5.41) is 12.9. The molecule has 134 valence electrons. The molecule has 4 aromatic rings. The fourth-order valence-electron chi connectivity index (χ4n) is 3.32. The number of fused-ring (bicyclic) bond motifs is 1. The van der Waals surface area contributed by atoms with Crippen LogP contribution in [0.15, 0.2) is 91.1 Å². The predicted octanol–water partition coefficient (Wildman–Crippen LogP) is 4.88. The van der Waals surface area contributed by atoms with Crippen molar-refractivity contribution in [1.29, 1.82) is 0 Å². The summed E-state index contributed by atoms with van der Waals surface area (Å²) in [6, 6.07) is 27.9. The van der Waals surface area contributed by atoms with Gasteiger partial charge in [-0.2, -0.15) is 0 Å². The molecular weight excluding hydrogens is 334 g/mol. The second kappa shape index (κ2) is 8.02. The van der Waals surface area contributed by atoms with Gasteiger partial charge in [0.05, 0.1) is 11.8 Å². The van der Waals surface area contributed by atoms with Crippen molar-refractivity contribution in [3.05, 3.63) is 96.7 Å². The Kier molecular flexibility index (Phi) is 5.13. The van der Waals surface area contributed by atoms with Crippen LogP contribution in [0, 0.1) is 0 Å². The van der Waals surface area contributed by atoms with Crippen LogP contribution in [0.2, 0.25) is 0 Å². The molecule has 0 saturated carbocycles. The fourth-order valence-corrected chi connectivity index (χ4v) is 3.32. The molecule has 0 aliphatic rings. The zero-order valence-corrected chi connectivity index (χ0v) is 15.0. The summed E-state index contributed by atoms with van der Waals surface area (Å²) < 4.78 is 5.71. The van der Waals surface area contributed by atoms with Crippen molar-refractivity contribution in [2.45, 2.75) is 12.5 Å². The monoisotopic (exact) mass is 355 g/mol. The van der Waals surface area contributed by atoms with E-state index in [1.807, 2.05) is 60.7 Å². The lowest BCUT2D eigenvalue weighted by Gasteiger charge is -2.17. The number of pyridine rings is 1. The molecule has 3 nitrogen and oxygen atoms in total. The molecule has 3 heteroatoms. The van der Waals surface area contributed by atoms with Crippen LogP contribution in [0.4, 0.5) is 0 Å². The van der Waals surface area contributed by atoms with Crippen LogP contribution in [0.5, 0.6) is 5.75 Å². The molecule has 0 radical (unpaired) electrons. The molecule has 3 aromatic carbocycles. The van der Waals surface area contributed by atoms with E-state index in [0.717, 1.165) is 33.3 Å². The molecular formula is C24H21NO2. The van der Waals surface area contributed by atoms with Gasteiger partial charge in [0.2, 0.25) is 0 Å². The number of benzene rings is 3. The van der Waals surface area contributed by atoms with Gasteiger partial charge in [-0.3, -0.25) is 4.98 Å². The minimum absolute atomic E-state index is 0.249. The lowest BCUT2D eigenvalue weighted by molar-refractivity contribution is 0.108. The predicted molar refractivity (Wildman–Crippen MR) is 109 cm³/mol. The molecule has 0 aliphatic carbocycles. The van der Waals surface area contributed by atoms with Crippen LogP contribution < -0.4 is 4.74 Å². The van der Waals surface area contributed by atoms with Gasteiger partial charge in [0.1, 0.15) is 12.4 Å². The summed E-state index contributed by atoms with van der Waals surface area (Å²) >= 11 is 0. The van der Waals surface area contributed by atoms with E-state index < -0.39 is 6.10 Å². The lowest BCUT2D eigenvalue weighted by Crippen LogP contribution is -2.20. The van der Waals surface area contributed by atoms with Gasteiger partial charge < -0.3 is 9.84 Å². The molecule has 0 amide bonds. The minimum Gasteiger partial charge on any atom is -0.491 e. The van der Waals surface area contributed by atoms with Crippen LogP contribution in [0.1, 0.15) is 5.56 Å². The number of para-hydroxylation sites is 1. The maximum atomic E-state index is 10.6. The van der Waals surface area contributed by atoms with Crippen LogP contribution in [0.3, 0.4) is 0 Å². The molecule has 1 aromatic heterocycles. The topological polar surface area (TPSA) is 42.4 Å². The first-order valence-electron chi connectivity index (χ1n) is 9.09. The normalized spacial score (nSPS) is 12.0. The van der Waals surface area contributed by atoms with Gasteiger partial charge >= 0.3 is 0 Å². The molecule has 1 atom stereocenters. The number of hydrogen-bond acceptors (Lipinski definition) is 3. The average Bonchev–Trinajstić information content (AvgIpc) is 2.73. The van der Waals surface area contributed by atoms with Crippen molar-refractivity contribution in [3.8, 4) is 17.0 Å². The molecule has 0 bridgehead atoms. The maximum absolute atomic E-state index is 10.6. The largest absolute Gasteiger partial charge is 0.491 e. The van der Waals surface area contributed by atoms with Crippen LogP contribution in [-0.4, -0.2) is 22.8 Å². The highest BCUT2D eigenvalue weighted by atomic mass is 16.5. The van der Waals surface area contributed by atoms with Gasteiger partial charge in [-0.05, 0) is 40.6 Å². The Labute approximate surface area is 158 Å². The first kappa shape index (κ1) is 17.3. The maximum Gasteiger partial charge on any atom is 0.119 e.